The Bertz CT molecular complexity index is 842. The molecule has 4 rings (SSSR count). The van der Waals surface area contributed by atoms with E-state index in [1.807, 2.05) is 17.0 Å². The quantitative estimate of drug-likeness (QED) is 0.606. The van der Waals surface area contributed by atoms with Crippen molar-refractivity contribution in [2.75, 3.05) is 32.2 Å². The van der Waals surface area contributed by atoms with Crippen molar-refractivity contribution < 1.29 is 19.4 Å². The number of carbonyl (C=O) groups excluding carboxylic acids is 2. The van der Waals surface area contributed by atoms with Crippen LogP contribution in [0.25, 0.3) is 0 Å². The molecule has 0 aromatic heterocycles. The molecule has 2 amide bonds. The molecule has 1 aromatic carbocycles. The summed E-state index contributed by atoms with van der Waals surface area (Å²) in [6.07, 6.45) is 4.43. The molecule has 2 heterocycles. The monoisotopic (exact) mass is 427 g/mol. The van der Waals surface area contributed by atoms with Crippen molar-refractivity contribution in [3.63, 3.8) is 0 Å². The molecular formula is C24H33N3O4. The van der Waals surface area contributed by atoms with Crippen molar-refractivity contribution in [3.05, 3.63) is 42.0 Å². The van der Waals surface area contributed by atoms with Crippen LogP contribution in [0, 0.1) is 11.8 Å². The molecule has 0 unspecified atom stereocenters. The predicted molar refractivity (Wildman–Crippen MR) is 118 cm³/mol. The molecule has 7 nitrogen and oxygen atoms in total. The predicted octanol–water partition coefficient (Wildman–Crippen LogP) is 2.24. The molecule has 3 N–H and O–H groups in total. The zero-order valence-electron chi connectivity index (χ0n) is 18.2. The van der Waals surface area contributed by atoms with Gasteiger partial charge in [-0.1, -0.05) is 37.6 Å². The minimum atomic E-state index is -0.377. The van der Waals surface area contributed by atoms with Crippen molar-refractivity contribution >= 4 is 17.5 Å². The van der Waals surface area contributed by atoms with Crippen molar-refractivity contribution in [2.24, 2.45) is 11.8 Å². The van der Waals surface area contributed by atoms with Gasteiger partial charge in [0.05, 0.1) is 31.2 Å². The van der Waals surface area contributed by atoms with E-state index in [2.05, 4.69) is 29.3 Å². The largest absolute Gasteiger partial charge is 0.391 e. The van der Waals surface area contributed by atoms with E-state index in [0.717, 1.165) is 43.4 Å². The highest BCUT2D eigenvalue weighted by Gasteiger charge is 2.48. The first-order valence-electron chi connectivity index (χ1n) is 11.3. The molecule has 1 saturated heterocycles. The summed E-state index contributed by atoms with van der Waals surface area (Å²) in [5.41, 5.74) is 2.36. The van der Waals surface area contributed by atoms with Crippen LogP contribution in [0.3, 0.4) is 0 Å². The van der Waals surface area contributed by atoms with Gasteiger partial charge in [-0.05, 0) is 30.9 Å². The molecule has 31 heavy (non-hydrogen) atoms. The van der Waals surface area contributed by atoms with E-state index < -0.39 is 0 Å². The van der Waals surface area contributed by atoms with E-state index in [4.69, 9.17) is 4.74 Å². The second-order valence-corrected chi connectivity index (χ2v) is 8.95. The second kappa shape index (κ2) is 9.40. The highest BCUT2D eigenvalue weighted by Crippen LogP contribution is 2.47. The number of aliphatic hydroxyl groups is 1. The Hall–Kier alpha value is -2.38. The normalized spacial score (nSPS) is 29.5. The SMILES string of the molecule is C=C(CO)C(=O)N[C@@H]1CCCC[C@@H]1C(=O)N1CC[C@@H]2[C@H](COC)Nc3ccccc3[C@@H]21. The first-order valence-corrected chi connectivity index (χ1v) is 11.3. The molecule has 168 valence electrons. The lowest BCUT2D eigenvalue weighted by atomic mass is 9.81. The van der Waals surface area contributed by atoms with Gasteiger partial charge in [-0.25, -0.2) is 0 Å². The number of carbonyl (C=O) groups is 2. The standard InChI is InChI=1S/C24H33N3O4/c1-15(13-28)23(29)26-20-10-6-4-8-18(20)24(30)27-12-11-17-21(14-31-2)25-19-9-5-3-7-16(19)22(17)27/h3,5,7,9,17-18,20-22,25,28H,1,4,6,8,10-14H2,2H3,(H,26,29)/t17-,18+,20-,21+,22+/m1/s1. The minimum absolute atomic E-state index is 0.0239. The van der Waals surface area contributed by atoms with Gasteiger partial charge in [0.1, 0.15) is 0 Å². The molecule has 0 spiro atoms. The molecule has 2 fully saturated rings. The summed E-state index contributed by atoms with van der Waals surface area (Å²) in [4.78, 5) is 28.2. The van der Waals surface area contributed by atoms with Crippen molar-refractivity contribution in [3.8, 4) is 0 Å². The number of anilines is 1. The third-order valence-electron chi connectivity index (χ3n) is 7.12. The van der Waals surface area contributed by atoms with Crippen LogP contribution in [0.4, 0.5) is 5.69 Å². The lowest BCUT2D eigenvalue weighted by Crippen LogP contribution is -2.51. The average Bonchev–Trinajstić information content (AvgIpc) is 3.24. The average molecular weight is 428 g/mol. The molecule has 2 aliphatic heterocycles. The van der Waals surface area contributed by atoms with Gasteiger partial charge in [0.2, 0.25) is 11.8 Å². The van der Waals surface area contributed by atoms with Gasteiger partial charge in [-0.2, -0.15) is 0 Å². The van der Waals surface area contributed by atoms with Gasteiger partial charge in [-0.15, -0.1) is 0 Å². The Kier molecular flexibility index (Phi) is 6.62. The smallest absolute Gasteiger partial charge is 0.249 e. The van der Waals surface area contributed by atoms with E-state index in [1.165, 1.54) is 0 Å². The van der Waals surface area contributed by atoms with E-state index in [9.17, 15) is 14.7 Å². The summed E-state index contributed by atoms with van der Waals surface area (Å²) in [7, 11) is 1.71. The van der Waals surface area contributed by atoms with Gasteiger partial charge in [-0.3, -0.25) is 9.59 Å². The lowest BCUT2D eigenvalue weighted by molar-refractivity contribution is -0.139. The van der Waals surface area contributed by atoms with Gasteiger partial charge < -0.3 is 25.4 Å². The molecular weight excluding hydrogens is 394 g/mol. The van der Waals surface area contributed by atoms with Crippen LogP contribution in [-0.4, -0.2) is 60.8 Å². The molecule has 1 aliphatic carbocycles. The van der Waals surface area contributed by atoms with Gasteiger partial charge in [0.25, 0.3) is 0 Å². The first kappa shape index (κ1) is 21.8. The van der Waals surface area contributed by atoms with Crippen molar-refractivity contribution in [2.45, 2.75) is 50.2 Å². The fourth-order valence-electron chi connectivity index (χ4n) is 5.58. The number of benzene rings is 1. The Morgan fingerprint density at radius 1 is 1.26 bits per heavy atom. The molecule has 1 aromatic rings. The molecule has 1 saturated carbocycles. The van der Waals surface area contributed by atoms with Crippen molar-refractivity contribution in [1.29, 1.82) is 0 Å². The van der Waals surface area contributed by atoms with Crippen LogP contribution in [0.1, 0.15) is 43.7 Å². The Labute approximate surface area is 183 Å². The number of methoxy groups -OCH3 is 1. The zero-order valence-corrected chi connectivity index (χ0v) is 18.2. The molecule has 3 aliphatic rings. The number of ether oxygens (including phenoxy) is 1. The van der Waals surface area contributed by atoms with Crippen molar-refractivity contribution in [1.82, 2.24) is 10.2 Å². The molecule has 7 heteroatoms. The van der Waals surface area contributed by atoms with E-state index in [1.54, 1.807) is 7.11 Å². The lowest BCUT2D eigenvalue weighted by Gasteiger charge is -2.41. The number of nitrogens with zero attached hydrogens (tertiary/aromatic N) is 1. The van der Waals surface area contributed by atoms with E-state index in [0.29, 0.717) is 19.1 Å². The summed E-state index contributed by atoms with van der Waals surface area (Å²) in [6.45, 7) is 4.55. The number of aliphatic hydroxyl groups excluding tert-OH is 1. The van der Waals surface area contributed by atoms with Crippen LogP contribution >= 0.6 is 0 Å². The van der Waals surface area contributed by atoms with Gasteiger partial charge in [0.15, 0.2) is 0 Å². The maximum absolute atomic E-state index is 13.8. The summed E-state index contributed by atoms with van der Waals surface area (Å²) >= 11 is 0. The number of amides is 2. The zero-order chi connectivity index (χ0) is 22.0. The van der Waals surface area contributed by atoms with E-state index in [-0.39, 0.29) is 48.0 Å². The van der Waals surface area contributed by atoms with Crippen LogP contribution in [-0.2, 0) is 14.3 Å². The fourth-order valence-corrected chi connectivity index (χ4v) is 5.58. The number of nitrogens with one attached hydrogen (secondary N) is 2. The third-order valence-corrected chi connectivity index (χ3v) is 7.12. The number of likely N-dealkylation sites (tertiary alicyclic amines) is 1. The second-order valence-electron chi connectivity index (χ2n) is 8.95. The molecule has 0 radical (unpaired) electrons. The highest BCUT2D eigenvalue weighted by molar-refractivity contribution is 5.93. The number of para-hydroxylation sites is 1. The van der Waals surface area contributed by atoms with Gasteiger partial charge in [0, 0.05) is 36.9 Å². The number of hydrogen-bond acceptors (Lipinski definition) is 5. The maximum atomic E-state index is 13.8. The number of fused-ring (bicyclic) bond motifs is 3. The summed E-state index contributed by atoms with van der Waals surface area (Å²) in [6, 6.07) is 8.19. The molecule has 5 atom stereocenters. The minimum Gasteiger partial charge on any atom is -0.391 e. The molecule has 0 bridgehead atoms. The Balaban J connectivity index is 1.58. The first-order chi connectivity index (χ1) is 15.0. The number of hydrogen-bond donors (Lipinski definition) is 3. The van der Waals surface area contributed by atoms with E-state index >= 15 is 0 Å². The summed E-state index contributed by atoms with van der Waals surface area (Å²) in [5.74, 6) is -0.186. The maximum Gasteiger partial charge on any atom is 0.249 e. The summed E-state index contributed by atoms with van der Waals surface area (Å²) < 4.78 is 5.47. The highest BCUT2D eigenvalue weighted by atomic mass is 16.5. The third kappa shape index (κ3) is 4.21. The Morgan fingerprint density at radius 3 is 2.81 bits per heavy atom. The van der Waals surface area contributed by atoms with Crippen LogP contribution < -0.4 is 10.6 Å². The summed E-state index contributed by atoms with van der Waals surface area (Å²) in [5, 5.41) is 15.8. The van der Waals surface area contributed by atoms with Crippen LogP contribution in [0.15, 0.2) is 36.4 Å². The van der Waals surface area contributed by atoms with Gasteiger partial charge >= 0.3 is 0 Å². The Morgan fingerprint density at radius 2 is 2.03 bits per heavy atom. The topological polar surface area (TPSA) is 90.9 Å². The van der Waals surface area contributed by atoms with Crippen LogP contribution in [0.5, 0.6) is 0 Å². The number of rotatable bonds is 6. The fraction of sp³-hybridized carbons (Fsp3) is 0.583. The van der Waals surface area contributed by atoms with Crippen LogP contribution in [0.2, 0.25) is 0 Å².